The van der Waals surface area contributed by atoms with E-state index in [0.29, 0.717) is 0 Å². The van der Waals surface area contributed by atoms with Gasteiger partial charge in [0.25, 0.3) is 0 Å². The molecule has 0 fully saturated rings. The van der Waals surface area contributed by atoms with Crippen LogP contribution in [0.2, 0.25) is 20.1 Å². The minimum Gasteiger partial charge on any atom is -0.652 e. The van der Waals surface area contributed by atoms with Crippen molar-refractivity contribution in [1.82, 2.24) is 9.97 Å². The van der Waals surface area contributed by atoms with Crippen LogP contribution in [0.25, 0.3) is 11.1 Å². The van der Waals surface area contributed by atoms with Gasteiger partial charge in [-0.15, -0.1) is 34.9 Å². The summed E-state index contributed by atoms with van der Waals surface area (Å²) in [6.45, 7) is 0. The van der Waals surface area contributed by atoms with E-state index in [-0.39, 0.29) is 16.8 Å². The molecule has 2 aromatic heterocycles. The summed E-state index contributed by atoms with van der Waals surface area (Å²) in [5.41, 5.74) is 7.80. The summed E-state index contributed by atoms with van der Waals surface area (Å²) in [6, 6.07) is 59.9. The van der Waals surface area contributed by atoms with E-state index in [1.54, 1.807) is 47.0 Å². The van der Waals surface area contributed by atoms with Crippen LogP contribution in [0.1, 0.15) is 22.5 Å². The largest absolute Gasteiger partial charge is 2.00 e. The monoisotopic (exact) mass is 1060 g/mol. The maximum Gasteiger partial charge on any atom is 2.00 e. The Morgan fingerprint density at radius 1 is 0.343 bits per heavy atom. The molecule has 6 aromatic carbocycles. The SMILES string of the molecule is Clc1ccc(SC2=N/C(=C(/c3ccccc3)c3ccc(Sc4ccc(Cl)cc4)[n-]3)C=C2)cc1.Clc1ccc(SC2=N/C(=C(/c3ccccc3)c3ccc(Sc4ccc(Cl)cc4)[n-]3)C=C2)cc1.[Co+2]. The molecule has 0 aliphatic carbocycles. The van der Waals surface area contributed by atoms with Gasteiger partial charge in [0.2, 0.25) is 0 Å². The maximum atomic E-state index is 6.01. The Hall–Kier alpha value is -4.75. The molecule has 0 amide bonds. The summed E-state index contributed by atoms with van der Waals surface area (Å²) >= 11 is 30.5. The first-order valence-electron chi connectivity index (χ1n) is 20.4. The molecule has 0 saturated heterocycles. The van der Waals surface area contributed by atoms with E-state index in [2.05, 4.69) is 48.6 Å². The van der Waals surface area contributed by atoms with Crippen molar-refractivity contribution < 1.29 is 16.8 Å². The molecule has 4 nitrogen and oxygen atoms in total. The third kappa shape index (κ3) is 13.3. The molecular weight excluding hydrogens is 1030 g/mol. The molecule has 0 spiro atoms. The van der Waals surface area contributed by atoms with Crippen LogP contribution >= 0.6 is 93.5 Å². The molecule has 0 N–H and O–H groups in total. The van der Waals surface area contributed by atoms with Crippen molar-refractivity contribution in [1.29, 1.82) is 0 Å². The predicted molar refractivity (Wildman–Crippen MR) is 283 cm³/mol. The quantitative estimate of drug-likeness (QED) is 0.136. The van der Waals surface area contributed by atoms with Gasteiger partial charge in [0.1, 0.15) is 10.1 Å². The van der Waals surface area contributed by atoms with Crippen LogP contribution in [0.15, 0.2) is 257 Å². The molecule has 0 atom stereocenters. The fraction of sp³-hybridized carbons (Fsp3) is 0. The molecule has 2 aliphatic rings. The van der Waals surface area contributed by atoms with Crippen molar-refractivity contribution >= 4 is 115 Å². The number of allylic oxidation sites excluding steroid dienone is 2. The molecular formula is C54H34Cl4CoN4S4. The second kappa shape index (κ2) is 23.5. The van der Waals surface area contributed by atoms with Gasteiger partial charge in [0.05, 0.1) is 11.4 Å². The number of nitrogens with zero attached hydrogens (tertiary/aromatic N) is 4. The molecule has 1 radical (unpaired) electrons. The van der Waals surface area contributed by atoms with Crippen LogP contribution in [0.5, 0.6) is 0 Å². The molecule has 331 valence electrons. The van der Waals surface area contributed by atoms with Crippen LogP contribution in [0.4, 0.5) is 0 Å². The smallest absolute Gasteiger partial charge is 0.652 e. The Morgan fingerprint density at radius 3 is 0.985 bits per heavy atom. The minimum absolute atomic E-state index is 0. The van der Waals surface area contributed by atoms with Gasteiger partial charge in [-0.3, -0.25) is 0 Å². The maximum absolute atomic E-state index is 6.01. The number of hydrogen-bond donors (Lipinski definition) is 0. The zero-order valence-electron chi connectivity index (χ0n) is 34.9. The second-order valence-corrected chi connectivity index (χ2v) is 20.5. The minimum atomic E-state index is 0. The zero-order valence-corrected chi connectivity index (χ0v) is 42.2. The third-order valence-corrected chi connectivity index (χ3v) is 14.5. The summed E-state index contributed by atoms with van der Waals surface area (Å²) in [5.74, 6) is 0. The van der Waals surface area contributed by atoms with Gasteiger partial charge in [-0.25, -0.2) is 9.98 Å². The molecule has 0 saturated carbocycles. The average molecular weight is 1070 g/mol. The standard InChI is InChI=1S/2C27H17Cl2N2S2.Co/c2*28-19-6-10-21(11-7-19)32-25-16-14-23(30-25)27(18-4-2-1-3-5-18)24-15-17-26(31-24)33-22-12-8-20(29)9-13-22;/h2*1-17H;/q2*-1;+2/b2*27-23-;. The molecule has 0 unspecified atom stereocenters. The molecule has 10 rings (SSSR count). The summed E-state index contributed by atoms with van der Waals surface area (Å²) in [6.07, 6.45) is 8.20. The van der Waals surface area contributed by atoms with Gasteiger partial charge in [0.15, 0.2) is 0 Å². The molecule has 13 heteroatoms. The molecule has 2 aliphatic heterocycles. The van der Waals surface area contributed by atoms with Crippen LogP contribution in [-0.4, -0.2) is 10.1 Å². The van der Waals surface area contributed by atoms with Crippen LogP contribution < -0.4 is 9.97 Å². The molecule has 0 bridgehead atoms. The number of thioether (sulfide) groups is 2. The second-order valence-electron chi connectivity index (χ2n) is 14.4. The van der Waals surface area contributed by atoms with Gasteiger partial charge in [-0.05, 0) is 144 Å². The Kier molecular flexibility index (Phi) is 17.1. The first-order valence-corrected chi connectivity index (χ1v) is 25.2. The molecule has 4 heterocycles. The number of aromatic nitrogens is 2. The summed E-state index contributed by atoms with van der Waals surface area (Å²) < 4.78 is 0. The van der Waals surface area contributed by atoms with Crippen LogP contribution in [-0.2, 0) is 16.8 Å². The predicted octanol–water partition coefficient (Wildman–Crippen LogP) is 17.2. The number of rotatable bonds is 10. The first kappa shape index (κ1) is 48.7. The van der Waals surface area contributed by atoms with Gasteiger partial charge < -0.3 is 9.97 Å². The van der Waals surface area contributed by atoms with Gasteiger partial charge >= 0.3 is 16.8 Å². The number of hydrogen-bond acceptors (Lipinski definition) is 6. The average Bonchev–Trinajstić information content (AvgIpc) is 4.19. The Morgan fingerprint density at radius 2 is 0.657 bits per heavy atom. The van der Waals surface area contributed by atoms with Crippen molar-refractivity contribution in [3.8, 4) is 0 Å². The van der Waals surface area contributed by atoms with E-state index in [0.717, 1.165) is 105 Å². The summed E-state index contributed by atoms with van der Waals surface area (Å²) in [5, 5.41) is 6.64. The van der Waals surface area contributed by atoms with Gasteiger partial charge in [0, 0.05) is 39.7 Å². The van der Waals surface area contributed by atoms with E-state index < -0.39 is 0 Å². The van der Waals surface area contributed by atoms with E-state index in [1.165, 1.54) is 0 Å². The fourth-order valence-electron chi connectivity index (χ4n) is 6.72. The van der Waals surface area contributed by atoms with Gasteiger partial charge in [-0.2, -0.15) is 0 Å². The number of aliphatic imine (C=N–C) groups is 2. The third-order valence-electron chi connectivity index (χ3n) is 9.75. The van der Waals surface area contributed by atoms with E-state index >= 15 is 0 Å². The van der Waals surface area contributed by atoms with Crippen molar-refractivity contribution in [2.75, 3.05) is 0 Å². The Balaban J connectivity index is 0.000000179. The number of halogens is 4. The van der Waals surface area contributed by atoms with Crippen LogP contribution in [0, 0.1) is 0 Å². The van der Waals surface area contributed by atoms with E-state index in [4.69, 9.17) is 66.4 Å². The molecule has 67 heavy (non-hydrogen) atoms. The van der Waals surface area contributed by atoms with Gasteiger partial charge in [-0.1, -0.05) is 165 Å². The fourth-order valence-corrected chi connectivity index (χ4v) is 10.4. The first-order chi connectivity index (χ1) is 32.3. The van der Waals surface area contributed by atoms with Crippen molar-refractivity contribution in [3.05, 3.63) is 260 Å². The van der Waals surface area contributed by atoms with E-state index in [1.807, 2.05) is 158 Å². The zero-order chi connectivity index (χ0) is 45.2. The van der Waals surface area contributed by atoms with Crippen molar-refractivity contribution in [2.24, 2.45) is 9.98 Å². The van der Waals surface area contributed by atoms with Crippen molar-refractivity contribution in [2.45, 2.75) is 29.6 Å². The van der Waals surface area contributed by atoms with E-state index in [9.17, 15) is 0 Å². The summed E-state index contributed by atoms with van der Waals surface area (Å²) in [4.78, 5) is 24.0. The Bertz CT molecular complexity index is 2930. The number of benzene rings is 6. The normalized spacial score (nSPS) is 14.2. The summed E-state index contributed by atoms with van der Waals surface area (Å²) in [7, 11) is 0. The van der Waals surface area contributed by atoms with Crippen molar-refractivity contribution in [3.63, 3.8) is 0 Å². The van der Waals surface area contributed by atoms with Crippen LogP contribution in [0.3, 0.4) is 0 Å². The topological polar surface area (TPSA) is 52.9 Å². The Labute approximate surface area is 437 Å². The molecule has 8 aromatic rings.